The van der Waals surface area contributed by atoms with E-state index < -0.39 is 5.97 Å². The Hall–Kier alpha value is -3.43. The number of aromatic nitrogens is 2. The largest absolute Gasteiger partial charge is 0.462 e. The quantitative estimate of drug-likeness (QED) is 0.162. The van der Waals surface area contributed by atoms with E-state index in [1.54, 1.807) is 53.9 Å². The molecule has 1 atom stereocenters. The van der Waals surface area contributed by atoms with Crippen LogP contribution in [0.5, 0.6) is 0 Å². The molecule has 1 aromatic heterocycles. The molecule has 2 heterocycles. The van der Waals surface area contributed by atoms with Gasteiger partial charge in [0, 0.05) is 40.8 Å². The number of aldehydes is 1. The highest BCUT2D eigenvalue weighted by atomic mass is 32.2. The van der Waals surface area contributed by atoms with Crippen LogP contribution in [0.1, 0.15) is 64.4 Å². The van der Waals surface area contributed by atoms with E-state index in [-0.39, 0.29) is 12.8 Å². The number of carbonyl (C=O) groups excluding carboxylic acids is 2. The van der Waals surface area contributed by atoms with Crippen molar-refractivity contribution in [2.75, 3.05) is 20.3 Å². The average molecular weight is 507 g/mol. The lowest BCUT2D eigenvalue weighted by Gasteiger charge is -2.22. The summed E-state index contributed by atoms with van der Waals surface area (Å²) in [6.07, 6.45) is 6.93. The molecule has 1 unspecified atom stereocenters. The average Bonchev–Trinajstić information content (AvgIpc) is 3.32. The molecule has 3 aromatic rings. The molecule has 0 N–H and O–H groups in total. The first kappa shape index (κ1) is 25.7. The molecule has 36 heavy (non-hydrogen) atoms. The molecule has 0 amide bonds. The van der Waals surface area contributed by atoms with Gasteiger partial charge >= 0.3 is 5.97 Å². The van der Waals surface area contributed by atoms with Crippen molar-refractivity contribution in [3.8, 4) is 0 Å². The van der Waals surface area contributed by atoms with Gasteiger partial charge in [-0.05, 0) is 56.5 Å². The third-order valence-electron chi connectivity index (χ3n) is 5.69. The van der Waals surface area contributed by atoms with Crippen LogP contribution in [0.3, 0.4) is 0 Å². The lowest BCUT2D eigenvalue weighted by Crippen LogP contribution is -2.19. The maximum atomic E-state index is 12.6. The zero-order chi connectivity index (χ0) is 25.3. The van der Waals surface area contributed by atoms with Crippen molar-refractivity contribution < 1.29 is 19.1 Å². The Morgan fingerprint density at radius 2 is 2.06 bits per heavy atom. The number of hydrogen-bond acceptors (Lipinski definition) is 8. The van der Waals surface area contributed by atoms with Gasteiger partial charge < -0.3 is 9.47 Å². The first-order valence-corrected chi connectivity index (χ1v) is 12.8. The van der Waals surface area contributed by atoms with Gasteiger partial charge in [0.15, 0.2) is 6.29 Å². The molecule has 188 valence electrons. The summed E-state index contributed by atoms with van der Waals surface area (Å²) in [5, 5.41) is 10.8. The highest BCUT2D eigenvalue weighted by Crippen LogP contribution is 2.28. The molecule has 1 aliphatic rings. The van der Waals surface area contributed by atoms with Crippen molar-refractivity contribution in [2.24, 2.45) is 5.10 Å². The number of ether oxygens (including phenoxy) is 2. The van der Waals surface area contributed by atoms with Crippen LogP contribution in [-0.4, -0.2) is 53.5 Å². The molecule has 1 aliphatic heterocycles. The van der Waals surface area contributed by atoms with Crippen LogP contribution in [0.2, 0.25) is 0 Å². The Bertz CT molecular complexity index is 1210. The second-order valence-corrected chi connectivity index (χ2v) is 9.54. The fourth-order valence-electron chi connectivity index (χ4n) is 3.88. The Morgan fingerprint density at radius 3 is 2.78 bits per heavy atom. The Morgan fingerprint density at radius 1 is 1.22 bits per heavy atom. The van der Waals surface area contributed by atoms with Gasteiger partial charge in [-0.25, -0.2) is 9.48 Å². The fourth-order valence-corrected chi connectivity index (χ4v) is 4.77. The number of rotatable bonds is 10. The van der Waals surface area contributed by atoms with Crippen molar-refractivity contribution in [1.29, 1.82) is 0 Å². The Kier molecular flexibility index (Phi) is 8.91. The number of carbonyl (C=O) groups is 2. The number of esters is 1. The number of benzene rings is 2. The zero-order valence-electron chi connectivity index (χ0n) is 20.5. The second kappa shape index (κ2) is 12.5. The van der Waals surface area contributed by atoms with E-state index in [2.05, 4.69) is 10.2 Å². The maximum absolute atomic E-state index is 12.6. The van der Waals surface area contributed by atoms with Crippen molar-refractivity contribution in [2.45, 2.75) is 48.7 Å². The van der Waals surface area contributed by atoms with Gasteiger partial charge in [-0.15, -0.1) is 0 Å². The van der Waals surface area contributed by atoms with Crippen LogP contribution in [0.25, 0.3) is 0 Å². The molecule has 0 radical (unpaired) electrons. The highest BCUT2D eigenvalue weighted by Gasteiger charge is 2.23. The third-order valence-corrected chi connectivity index (χ3v) is 6.69. The van der Waals surface area contributed by atoms with Crippen molar-refractivity contribution >= 4 is 30.2 Å². The van der Waals surface area contributed by atoms with Gasteiger partial charge in [0.1, 0.15) is 11.8 Å². The highest BCUT2D eigenvalue weighted by molar-refractivity contribution is 7.99. The van der Waals surface area contributed by atoms with Crippen LogP contribution < -0.4 is 0 Å². The molecule has 2 aromatic carbocycles. The monoisotopic (exact) mass is 506 g/mol. The van der Waals surface area contributed by atoms with E-state index in [0.717, 1.165) is 35.3 Å². The first-order valence-electron chi connectivity index (χ1n) is 12.0. The molecule has 0 saturated carbocycles. The number of hydrazone groups is 1. The Labute approximate surface area is 215 Å². The third kappa shape index (κ3) is 6.61. The topological polar surface area (TPSA) is 86.0 Å². The first-order chi connectivity index (χ1) is 17.6. The molecule has 4 rings (SSSR count). The predicted octanol–water partition coefficient (Wildman–Crippen LogP) is 5.19. The van der Waals surface area contributed by atoms with Gasteiger partial charge in [-0.2, -0.15) is 10.2 Å². The minimum absolute atomic E-state index is 0.186. The van der Waals surface area contributed by atoms with Crippen LogP contribution in [0, 0.1) is 0 Å². The molecule has 0 spiro atoms. The summed E-state index contributed by atoms with van der Waals surface area (Å²) in [7, 11) is 1.80. The van der Waals surface area contributed by atoms with Crippen molar-refractivity contribution in [1.82, 2.24) is 14.8 Å². The predicted molar refractivity (Wildman–Crippen MR) is 138 cm³/mol. The van der Waals surface area contributed by atoms with Gasteiger partial charge in [-0.3, -0.25) is 9.80 Å². The standard InChI is InChI=1S/C27H30N4O4S/c1-3-34-27(33)24-17-31(26-11-7-8-14-35-26)29-25(24)18-30(2)28-16-21-15-23(13-12-20(21)19-32)36-22-9-5-4-6-10-22/h4-6,9-10,12-13,15-17,19,26H,3,7-8,11,14,18H2,1-2H3/b28-16-. The van der Waals surface area contributed by atoms with Crippen LogP contribution >= 0.6 is 11.8 Å². The SMILES string of the molecule is CCOC(=O)c1cn(C2CCCCO2)nc1CN(C)/N=C\c1cc(Sc2ccccc2)ccc1C=O. The smallest absolute Gasteiger partial charge is 0.341 e. The molecule has 1 fully saturated rings. The summed E-state index contributed by atoms with van der Waals surface area (Å²) in [6.45, 7) is 3.03. The lowest BCUT2D eigenvalue weighted by atomic mass is 10.1. The van der Waals surface area contributed by atoms with Gasteiger partial charge in [-0.1, -0.05) is 30.0 Å². The summed E-state index contributed by atoms with van der Waals surface area (Å²) < 4.78 is 12.8. The normalized spacial score (nSPS) is 15.7. The van der Waals surface area contributed by atoms with Crippen LogP contribution in [0.15, 0.2) is 69.6 Å². The van der Waals surface area contributed by atoms with E-state index in [4.69, 9.17) is 9.47 Å². The van der Waals surface area contributed by atoms with Crippen LogP contribution in [0.4, 0.5) is 0 Å². The number of nitrogens with zero attached hydrogens (tertiary/aromatic N) is 4. The van der Waals surface area contributed by atoms with E-state index in [1.165, 1.54) is 0 Å². The fraction of sp³-hybridized carbons (Fsp3) is 0.333. The molecule has 8 nitrogen and oxygen atoms in total. The molecule has 9 heteroatoms. The minimum Gasteiger partial charge on any atom is -0.462 e. The second-order valence-electron chi connectivity index (χ2n) is 8.40. The van der Waals surface area contributed by atoms with E-state index in [0.29, 0.717) is 35.5 Å². The summed E-state index contributed by atoms with van der Waals surface area (Å²) in [6, 6.07) is 15.7. The summed E-state index contributed by atoms with van der Waals surface area (Å²) in [5.41, 5.74) is 2.23. The van der Waals surface area contributed by atoms with Gasteiger partial charge in [0.05, 0.1) is 25.1 Å². The lowest BCUT2D eigenvalue weighted by molar-refractivity contribution is -0.0398. The maximum Gasteiger partial charge on any atom is 0.341 e. The Balaban J connectivity index is 1.51. The van der Waals surface area contributed by atoms with Crippen molar-refractivity contribution in [3.63, 3.8) is 0 Å². The van der Waals surface area contributed by atoms with E-state index in [1.807, 2.05) is 42.5 Å². The van der Waals surface area contributed by atoms with E-state index in [9.17, 15) is 9.59 Å². The molecular formula is C27H30N4O4S. The molecule has 0 bridgehead atoms. The molecule has 1 saturated heterocycles. The summed E-state index contributed by atoms with van der Waals surface area (Å²) in [5.74, 6) is -0.416. The van der Waals surface area contributed by atoms with E-state index >= 15 is 0 Å². The molecule has 0 aliphatic carbocycles. The zero-order valence-corrected chi connectivity index (χ0v) is 21.3. The van der Waals surface area contributed by atoms with Gasteiger partial charge in [0.25, 0.3) is 0 Å². The van der Waals surface area contributed by atoms with Gasteiger partial charge in [0.2, 0.25) is 0 Å². The summed E-state index contributed by atoms with van der Waals surface area (Å²) >= 11 is 1.62. The van der Waals surface area contributed by atoms with Crippen LogP contribution in [-0.2, 0) is 16.0 Å². The molecular weight excluding hydrogens is 476 g/mol. The summed E-state index contributed by atoms with van der Waals surface area (Å²) in [4.78, 5) is 26.3. The number of hydrogen-bond donors (Lipinski definition) is 0. The van der Waals surface area contributed by atoms with Crippen molar-refractivity contribution in [3.05, 3.63) is 77.1 Å². The minimum atomic E-state index is -0.416.